The van der Waals surface area contributed by atoms with Gasteiger partial charge in [-0.1, -0.05) is 11.6 Å². The van der Waals surface area contributed by atoms with E-state index in [-0.39, 0.29) is 29.1 Å². The molecular weight excluding hydrogens is 311 g/mol. The second-order valence-electron chi connectivity index (χ2n) is 5.85. The Hall–Kier alpha value is -1.44. The van der Waals surface area contributed by atoms with E-state index in [1.807, 2.05) is 0 Å². The highest BCUT2D eigenvalue weighted by atomic mass is 35.5. The van der Waals surface area contributed by atoms with Crippen LogP contribution >= 0.6 is 11.6 Å². The van der Waals surface area contributed by atoms with Crippen LogP contribution in [0.25, 0.3) is 5.52 Å². The third-order valence-corrected chi connectivity index (χ3v) is 4.57. The highest BCUT2D eigenvalue weighted by molar-refractivity contribution is 6.32. The van der Waals surface area contributed by atoms with Crippen LogP contribution in [0.4, 0.5) is 10.3 Å². The van der Waals surface area contributed by atoms with Crippen LogP contribution in [0.3, 0.4) is 0 Å². The number of hydrogen-bond acceptors (Lipinski definition) is 5. The Morgan fingerprint density at radius 2 is 2.23 bits per heavy atom. The molecule has 2 fully saturated rings. The number of halogens is 2. The maximum absolute atomic E-state index is 14.1. The molecule has 8 heteroatoms. The highest BCUT2D eigenvalue weighted by Gasteiger charge is 2.33. The summed E-state index contributed by atoms with van der Waals surface area (Å²) < 4.78 is 20.9. The van der Waals surface area contributed by atoms with Crippen molar-refractivity contribution in [3.63, 3.8) is 0 Å². The lowest BCUT2D eigenvalue weighted by Gasteiger charge is -2.28. The molecule has 2 aromatic rings. The summed E-state index contributed by atoms with van der Waals surface area (Å²) >= 11 is 6.10. The van der Waals surface area contributed by atoms with E-state index >= 15 is 0 Å². The number of aromatic nitrogens is 3. The van der Waals surface area contributed by atoms with E-state index in [2.05, 4.69) is 15.4 Å². The highest BCUT2D eigenvalue weighted by Crippen LogP contribution is 2.45. The average Bonchev–Trinajstić information content (AvgIpc) is 3.31. The van der Waals surface area contributed by atoms with Crippen LogP contribution in [0.5, 0.6) is 0 Å². The first-order chi connectivity index (χ1) is 10.6. The van der Waals surface area contributed by atoms with Crippen molar-refractivity contribution in [3.8, 4) is 0 Å². The van der Waals surface area contributed by atoms with Gasteiger partial charge in [0.1, 0.15) is 10.5 Å². The number of nitrogens with zero attached hydrogens (tertiary/aromatic N) is 3. The van der Waals surface area contributed by atoms with Gasteiger partial charge >= 0.3 is 0 Å². The maximum Gasteiger partial charge on any atom is 0.241 e. The van der Waals surface area contributed by atoms with E-state index in [0.717, 1.165) is 12.8 Å². The number of rotatable bonds is 3. The Kier molecular flexibility index (Phi) is 3.43. The van der Waals surface area contributed by atoms with Gasteiger partial charge in [-0.25, -0.2) is 13.9 Å². The largest absolute Gasteiger partial charge is 0.389 e. The molecule has 1 saturated heterocycles. The zero-order valence-electron chi connectivity index (χ0n) is 11.8. The van der Waals surface area contributed by atoms with Gasteiger partial charge in [-0.3, -0.25) is 0 Å². The fourth-order valence-corrected chi connectivity index (χ4v) is 3.17. The molecule has 1 saturated carbocycles. The van der Waals surface area contributed by atoms with Crippen molar-refractivity contribution >= 4 is 23.1 Å². The third kappa shape index (κ3) is 2.33. The van der Waals surface area contributed by atoms with Gasteiger partial charge in [-0.05, 0) is 19.3 Å². The number of hydrogen-bond donors (Lipinski definition) is 2. The molecule has 0 radical (unpaired) electrons. The second kappa shape index (κ2) is 5.33. The fourth-order valence-electron chi connectivity index (χ4n) is 2.83. The zero-order chi connectivity index (χ0) is 15.3. The van der Waals surface area contributed by atoms with Crippen molar-refractivity contribution in [2.45, 2.75) is 37.3 Å². The monoisotopic (exact) mass is 326 g/mol. The van der Waals surface area contributed by atoms with Crippen LogP contribution in [-0.2, 0) is 4.74 Å². The molecule has 22 heavy (non-hydrogen) atoms. The molecule has 2 aromatic heterocycles. The van der Waals surface area contributed by atoms with Crippen LogP contribution in [-0.4, -0.2) is 45.1 Å². The van der Waals surface area contributed by atoms with Crippen LogP contribution < -0.4 is 5.32 Å². The minimum absolute atomic E-state index is 0.139. The molecule has 0 aromatic carbocycles. The third-order valence-electron chi connectivity index (χ3n) is 4.21. The van der Waals surface area contributed by atoms with E-state index in [1.54, 1.807) is 0 Å². The summed E-state index contributed by atoms with van der Waals surface area (Å²) in [6, 6.07) is -0.175. The van der Waals surface area contributed by atoms with Crippen molar-refractivity contribution in [2.75, 3.05) is 18.5 Å². The quantitative estimate of drug-likeness (QED) is 0.902. The molecule has 3 heterocycles. The number of anilines is 1. The minimum Gasteiger partial charge on any atom is -0.389 e. The Balaban J connectivity index is 1.69. The van der Waals surface area contributed by atoms with E-state index in [9.17, 15) is 9.50 Å². The summed E-state index contributed by atoms with van der Waals surface area (Å²) in [5.41, 5.74) is 0.997. The molecule has 2 atom stereocenters. The van der Waals surface area contributed by atoms with E-state index in [1.165, 1.54) is 10.7 Å². The molecule has 1 aliphatic heterocycles. The topological polar surface area (TPSA) is 71.7 Å². The predicted octanol–water partition coefficient (Wildman–Crippen LogP) is 1.96. The first-order valence-electron chi connectivity index (χ1n) is 7.40. The van der Waals surface area contributed by atoms with Gasteiger partial charge in [0.05, 0.1) is 30.6 Å². The standard InChI is InChI=1S/C14H16ClFN4O2/c15-11-12(16)9-5-17-14(18-8-3-4-22-6-10(8)21)19-20(9)13(11)7-1-2-7/h5,7-8,10,21H,1-4,6H2,(H,18,19)/t8-,10-/m1/s1. The lowest BCUT2D eigenvalue weighted by molar-refractivity contribution is -0.0136. The van der Waals surface area contributed by atoms with Crippen molar-refractivity contribution in [1.82, 2.24) is 14.6 Å². The van der Waals surface area contributed by atoms with Gasteiger partial charge in [-0.2, -0.15) is 0 Å². The molecular formula is C14H16ClFN4O2. The van der Waals surface area contributed by atoms with Gasteiger partial charge in [0.15, 0.2) is 5.82 Å². The summed E-state index contributed by atoms with van der Waals surface area (Å²) in [4.78, 5) is 4.14. The van der Waals surface area contributed by atoms with Crippen molar-refractivity contribution in [2.24, 2.45) is 0 Å². The first kappa shape index (κ1) is 14.2. The Bertz CT molecular complexity index is 718. The van der Waals surface area contributed by atoms with E-state index < -0.39 is 11.9 Å². The van der Waals surface area contributed by atoms with Gasteiger partial charge in [-0.15, -0.1) is 5.10 Å². The molecule has 118 valence electrons. The molecule has 0 spiro atoms. The predicted molar refractivity (Wildman–Crippen MR) is 78.8 cm³/mol. The van der Waals surface area contributed by atoms with Crippen LogP contribution in [0.15, 0.2) is 6.20 Å². The summed E-state index contributed by atoms with van der Waals surface area (Å²) in [6.45, 7) is 0.867. The molecule has 0 unspecified atom stereocenters. The average molecular weight is 327 g/mol. The fraction of sp³-hybridized carbons (Fsp3) is 0.571. The SMILES string of the molecule is O[C@@H]1COCC[C@H]1Nc1ncc2c(F)c(Cl)c(C3CC3)n2n1. The summed E-state index contributed by atoms with van der Waals surface area (Å²) in [7, 11) is 0. The number of fused-ring (bicyclic) bond motifs is 1. The van der Waals surface area contributed by atoms with E-state index in [0.29, 0.717) is 24.7 Å². The molecule has 2 N–H and O–H groups in total. The normalized spacial score (nSPS) is 25.6. The van der Waals surface area contributed by atoms with Crippen molar-refractivity contribution in [1.29, 1.82) is 0 Å². The van der Waals surface area contributed by atoms with Gasteiger partial charge in [0.2, 0.25) is 5.95 Å². The Labute approximate surface area is 131 Å². The first-order valence-corrected chi connectivity index (χ1v) is 7.78. The minimum atomic E-state index is -0.610. The molecule has 6 nitrogen and oxygen atoms in total. The number of aliphatic hydroxyl groups is 1. The molecule has 0 amide bonds. The molecule has 4 rings (SSSR count). The van der Waals surface area contributed by atoms with Crippen LogP contribution in [0.2, 0.25) is 5.02 Å². The van der Waals surface area contributed by atoms with Crippen LogP contribution in [0, 0.1) is 5.82 Å². The van der Waals surface area contributed by atoms with Crippen LogP contribution in [0.1, 0.15) is 30.9 Å². The molecule has 2 aliphatic rings. The molecule has 0 bridgehead atoms. The van der Waals surface area contributed by atoms with Crippen molar-refractivity contribution in [3.05, 3.63) is 22.7 Å². The smallest absolute Gasteiger partial charge is 0.241 e. The van der Waals surface area contributed by atoms with Gasteiger partial charge in [0.25, 0.3) is 0 Å². The summed E-state index contributed by atoms with van der Waals surface area (Å²) in [6.07, 6.45) is 3.47. The Morgan fingerprint density at radius 3 is 2.95 bits per heavy atom. The van der Waals surface area contributed by atoms with Gasteiger partial charge in [0, 0.05) is 12.5 Å². The Morgan fingerprint density at radius 1 is 1.41 bits per heavy atom. The summed E-state index contributed by atoms with van der Waals surface area (Å²) in [5.74, 6) is 0.147. The lowest BCUT2D eigenvalue weighted by Crippen LogP contribution is -2.42. The number of ether oxygens (including phenoxy) is 1. The number of aliphatic hydroxyl groups excluding tert-OH is 1. The summed E-state index contributed by atoms with van der Waals surface area (Å²) in [5, 5.41) is 17.5. The number of nitrogens with one attached hydrogen (secondary N) is 1. The lowest BCUT2D eigenvalue weighted by atomic mass is 10.1. The molecule has 1 aliphatic carbocycles. The van der Waals surface area contributed by atoms with Crippen molar-refractivity contribution < 1.29 is 14.2 Å². The van der Waals surface area contributed by atoms with Gasteiger partial charge < -0.3 is 15.2 Å². The maximum atomic E-state index is 14.1. The zero-order valence-corrected chi connectivity index (χ0v) is 12.6. The van der Waals surface area contributed by atoms with E-state index in [4.69, 9.17) is 16.3 Å². The second-order valence-corrected chi connectivity index (χ2v) is 6.23.